The van der Waals surface area contributed by atoms with Crippen LogP contribution in [-0.2, 0) is 0 Å². The van der Waals surface area contributed by atoms with Gasteiger partial charge < -0.3 is 10.8 Å². The van der Waals surface area contributed by atoms with E-state index in [4.69, 9.17) is 10.8 Å². The van der Waals surface area contributed by atoms with Crippen LogP contribution in [0.2, 0.25) is 0 Å². The maximum Gasteiger partial charge on any atom is 0.135 e. The van der Waals surface area contributed by atoms with E-state index < -0.39 is 0 Å². The lowest BCUT2D eigenvalue weighted by atomic mass is 10.1. The quantitative estimate of drug-likeness (QED) is 0.695. The van der Waals surface area contributed by atoms with Gasteiger partial charge in [-0.2, -0.15) is 0 Å². The van der Waals surface area contributed by atoms with E-state index >= 15 is 0 Å². The van der Waals surface area contributed by atoms with Crippen LogP contribution in [0.25, 0.3) is 0 Å². The lowest BCUT2D eigenvalue weighted by Crippen LogP contribution is -2.19. The Kier molecular flexibility index (Phi) is 3.33. The maximum atomic E-state index is 8.98. The molecule has 0 radical (unpaired) electrons. The molecule has 1 unspecified atom stereocenters. The molecule has 13 heavy (non-hydrogen) atoms. The van der Waals surface area contributed by atoms with Gasteiger partial charge in [-0.3, -0.25) is 0 Å². The fourth-order valence-corrected chi connectivity index (χ4v) is 1.00. The predicted molar refractivity (Wildman–Crippen MR) is 50.4 cm³/mol. The third-order valence-electron chi connectivity index (χ3n) is 2.11. The van der Waals surface area contributed by atoms with E-state index in [0.717, 1.165) is 11.3 Å². The van der Waals surface area contributed by atoms with Crippen molar-refractivity contribution in [2.75, 3.05) is 13.2 Å². The Morgan fingerprint density at radius 3 is 2.69 bits per heavy atom. The average Bonchev–Trinajstić information content (AvgIpc) is 2.13. The van der Waals surface area contributed by atoms with Gasteiger partial charge in [0.1, 0.15) is 5.82 Å². The number of aliphatic hydroxyl groups is 1. The van der Waals surface area contributed by atoms with Crippen LogP contribution in [0.4, 0.5) is 0 Å². The van der Waals surface area contributed by atoms with Crippen LogP contribution in [0.5, 0.6) is 0 Å². The summed E-state index contributed by atoms with van der Waals surface area (Å²) in [4.78, 5) is 8.39. The van der Waals surface area contributed by atoms with Gasteiger partial charge in [0, 0.05) is 18.4 Å². The minimum absolute atomic E-state index is 0.000991. The zero-order valence-corrected chi connectivity index (χ0v) is 7.99. The van der Waals surface area contributed by atoms with Crippen molar-refractivity contribution in [2.45, 2.75) is 19.8 Å². The van der Waals surface area contributed by atoms with Crippen molar-refractivity contribution in [3.63, 3.8) is 0 Å². The zero-order chi connectivity index (χ0) is 9.84. The Bertz CT molecular complexity index is 284. The first-order valence-corrected chi connectivity index (χ1v) is 4.30. The molecule has 0 aromatic carbocycles. The normalized spacial score (nSPS) is 12.9. The second-order valence-electron chi connectivity index (χ2n) is 3.11. The van der Waals surface area contributed by atoms with Crippen LogP contribution in [0, 0.1) is 13.8 Å². The fraction of sp³-hybridized carbons (Fsp3) is 0.556. The van der Waals surface area contributed by atoms with Crippen LogP contribution in [0.15, 0.2) is 6.20 Å². The summed E-state index contributed by atoms with van der Waals surface area (Å²) < 4.78 is 0. The third kappa shape index (κ3) is 2.23. The fourth-order valence-electron chi connectivity index (χ4n) is 1.00. The summed E-state index contributed by atoms with van der Waals surface area (Å²) in [6, 6.07) is 0. The Hall–Kier alpha value is -1.00. The highest BCUT2D eigenvalue weighted by molar-refractivity contribution is 5.15. The number of nitrogens with zero attached hydrogens (tertiary/aromatic N) is 2. The molecule has 0 aliphatic rings. The molecule has 1 aromatic heterocycles. The molecule has 3 N–H and O–H groups in total. The van der Waals surface area contributed by atoms with E-state index in [-0.39, 0.29) is 12.5 Å². The topological polar surface area (TPSA) is 72.0 Å². The molecule has 1 rings (SSSR count). The molecule has 0 fully saturated rings. The number of aryl methyl sites for hydroxylation is 2. The first-order chi connectivity index (χ1) is 6.19. The van der Waals surface area contributed by atoms with Crippen LogP contribution in [0.3, 0.4) is 0 Å². The second-order valence-corrected chi connectivity index (χ2v) is 3.11. The van der Waals surface area contributed by atoms with Crippen molar-refractivity contribution in [3.8, 4) is 0 Å². The van der Waals surface area contributed by atoms with Crippen molar-refractivity contribution in [2.24, 2.45) is 5.73 Å². The molecule has 0 saturated heterocycles. The van der Waals surface area contributed by atoms with Gasteiger partial charge in [0.05, 0.1) is 12.5 Å². The minimum atomic E-state index is -0.140. The molecule has 1 heterocycles. The van der Waals surface area contributed by atoms with Crippen LogP contribution >= 0.6 is 0 Å². The highest BCUT2D eigenvalue weighted by atomic mass is 16.3. The van der Waals surface area contributed by atoms with Gasteiger partial charge in [-0.25, -0.2) is 9.97 Å². The lowest BCUT2D eigenvalue weighted by Gasteiger charge is -2.10. The Labute approximate surface area is 77.8 Å². The van der Waals surface area contributed by atoms with E-state index in [0.29, 0.717) is 12.4 Å². The molecular formula is C9H15N3O. The smallest absolute Gasteiger partial charge is 0.135 e. The van der Waals surface area contributed by atoms with Gasteiger partial charge in [0.15, 0.2) is 0 Å². The molecule has 0 bridgehead atoms. The molecule has 0 saturated carbocycles. The van der Waals surface area contributed by atoms with Crippen molar-refractivity contribution in [1.29, 1.82) is 0 Å². The highest BCUT2D eigenvalue weighted by Gasteiger charge is 2.11. The molecule has 72 valence electrons. The van der Waals surface area contributed by atoms with Gasteiger partial charge in [0.2, 0.25) is 0 Å². The summed E-state index contributed by atoms with van der Waals surface area (Å²) in [5, 5.41) is 8.98. The molecule has 0 amide bonds. The largest absolute Gasteiger partial charge is 0.396 e. The minimum Gasteiger partial charge on any atom is -0.396 e. The summed E-state index contributed by atoms with van der Waals surface area (Å²) in [7, 11) is 0. The Morgan fingerprint density at radius 1 is 1.54 bits per heavy atom. The SMILES string of the molecule is Cc1cnc(C(CN)CO)nc1C. The summed E-state index contributed by atoms with van der Waals surface area (Å²) in [5.74, 6) is 0.493. The predicted octanol–water partition coefficient (Wildman–Crippen LogP) is 0.128. The summed E-state index contributed by atoms with van der Waals surface area (Å²) in [6.45, 7) is 4.25. The standard InChI is InChI=1S/C9H15N3O/c1-6-4-11-9(12-7(6)2)8(3-10)5-13/h4,8,13H,3,5,10H2,1-2H3. The lowest BCUT2D eigenvalue weighted by molar-refractivity contribution is 0.263. The zero-order valence-electron chi connectivity index (χ0n) is 7.99. The monoisotopic (exact) mass is 181 g/mol. The van der Waals surface area contributed by atoms with E-state index in [9.17, 15) is 0 Å². The number of aromatic nitrogens is 2. The van der Waals surface area contributed by atoms with Crippen molar-refractivity contribution in [3.05, 3.63) is 23.3 Å². The van der Waals surface area contributed by atoms with Crippen molar-refractivity contribution < 1.29 is 5.11 Å². The molecule has 0 spiro atoms. The number of rotatable bonds is 3. The van der Waals surface area contributed by atoms with Gasteiger partial charge >= 0.3 is 0 Å². The van der Waals surface area contributed by atoms with Gasteiger partial charge in [-0.1, -0.05) is 0 Å². The first-order valence-electron chi connectivity index (χ1n) is 4.30. The Balaban J connectivity index is 2.95. The number of hydrogen-bond donors (Lipinski definition) is 2. The highest BCUT2D eigenvalue weighted by Crippen LogP contribution is 2.10. The van der Waals surface area contributed by atoms with Gasteiger partial charge in [-0.05, 0) is 19.4 Å². The van der Waals surface area contributed by atoms with E-state index in [1.807, 2.05) is 13.8 Å². The van der Waals surface area contributed by atoms with E-state index in [1.165, 1.54) is 0 Å². The molecular weight excluding hydrogens is 166 g/mol. The summed E-state index contributed by atoms with van der Waals surface area (Å²) >= 11 is 0. The van der Waals surface area contributed by atoms with Crippen molar-refractivity contribution in [1.82, 2.24) is 9.97 Å². The number of hydrogen-bond acceptors (Lipinski definition) is 4. The second kappa shape index (κ2) is 4.30. The first kappa shape index (κ1) is 10.1. The molecule has 1 aromatic rings. The Morgan fingerprint density at radius 2 is 2.23 bits per heavy atom. The van der Waals surface area contributed by atoms with E-state index in [1.54, 1.807) is 6.20 Å². The molecule has 1 atom stereocenters. The van der Waals surface area contributed by atoms with Gasteiger partial charge in [-0.15, -0.1) is 0 Å². The average molecular weight is 181 g/mol. The van der Waals surface area contributed by atoms with Crippen molar-refractivity contribution >= 4 is 0 Å². The third-order valence-corrected chi connectivity index (χ3v) is 2.11. The van der Waals surface area contributed by atoms with Crippen LogP contribution < -0.4 is 5.73 Å². The van der Waals surface area contributed by atoms with Crippen LogP contribution in [-0.4, -0.2) is 28.2 Å². The van der Waals surface area contributed by atoms with Gasteiger partial charge in [0.25, 0.3) is 0 Å². The number of aliphatic hydroxyl groups excluding tert-OH is 1. The molecule has 4 nitrogen and oxygen atoms in total. The summed E-state index contributed by atoms with van der Waals surface area (Å²) in [6.07, 6.45) is 1.76. The van der Waals surface area contributed by atoms with Crippen LogP contribution in [0.1, 0.15) is 23.0 Å². The van der Waals surface area contributed by atoms with E-state index in [2.05, 4.69) is 9.97 Å². The molecule has 0 aliphatic carbocycles. The number of nitrogens with two attached hydrogens (primary N) is 1. The molecule has 4 heteroatoms. The maximum absolute atomic E-state index is 8.98. The molecule has 0 aliphatic heterocycles. The summed E-state index contributed by atoms with van der Waals surface area (Å²) in [5.41, 5.74) is 7.46.